The highest BCUT2D eigenvalue weighted by Crippen LogP contribution is 2.45. The number of hydrogen-bond acceptors (Lipinski definition) is 8. The number of aryl methyl sites for hydroxylation is 1. The molecule has 13 heteroatoms. The van der Waals surface area contributed by atoms with E-state index in [2.05, 4.69) is 27.5 Å². The molecule has 0 bridgehead atoms. The van der Waals surface area contributed by atoms with Gasteiger partial charge in [-0.15, -0.1) is 28.2 Å². The summed E-state index contributed by atoms with van der Waals surface area (Å²) >= 11 is 1.72. The molecule has 1 saturated heterocycles. The Morgan fingerprint density at radius 1 is 1.27 bits per heavy atom. The maximum Gasteiger partial charge on any atom is 0.409 e. The lowest BCUT2D eigenvalue weighted by atomic mass is 10.1. The van der Waals surface area contributed by atoms with E-state index in [1.54, 1.807) is 12.1 Å². The second-order valence-corrected chi connectivity index (χ2v) is 10.2. The van der Waals surface area contributed by atoms with Crippen LogP contribution in [-0.2, 0) is 16.0 Å². The third-order valence-corrected chi connectivity index (χ3v) is 7.79. The number of aromatic nitrogens is 4. The quantitative estimate of drug-likeness (QED) is 0.391. The van der Waals surface area contributed by atoms with Crippen molar-refractivity contribution >= 4 is 34.0 Å². The van der Waals surface area contributed by atoms with Gasteiger partial charge in [0.05, 0.1) is 17.7 Å². The molecule has 0 radical (unpaired) electrons. The van der Waals surface area contributed by atoms with Gasteiger partial charge >= 0.3 is 6.18 Å². The van der Waals surface area contributed by atoms with Gasteiger partial charge in [0.2, 0.25) is 0 Å². The molecule has 2 aromatic heterocycles. The number of ether oxygens (including phenoxy) is 1. The molecule has 0 aromatic carbocycles. The van der Waals surface area contributed by atoms with E-state index in [1.165, 1.54) is 4.90 Å². The second kappa shape index (κ2) is 12.1. The van der Waals surface area contributed by atoms with Crippen LogP contribution in [0, 0.1) is 0 Å². The average Bonchev–Trinajstić information content (AvgIpc) is 3.50. The number of carbonyl (C=O) groups is 1. The Bertz CT molecular complexity index is 866. The molecule has 33 heavy (non-hydrogen) atoms. The van der Waals surface area contributed by atoms with Crippen LogP contribution in [0.15, 0.2) is 12.1 Å². The average molecular weight is 508 g/mol. The number of H-pyrrole nitrogens is 1. The number of carbonyl (C=O) groups excluding carboxylic acids is 1. The van der Waals surface area contributed by atoms with Crippen molar-refractivity contribution in [3.05, 3.63) is 22.8 Å². The highest BCUT2D eigenvalue weighted by molar-refractivity contribution is 8.02. The zero-order valence-corrected chi connectivity index (χ0v) is 19.9. The lowest BCUT2D eigenvalue weighted by molar-refractivity contribution is -0.146. The van der Waals surface area contributed by atoms with Crippen LogP contribution in [0.2, 0.25) is 0 Å². The Kier molecular flexibility index (Phi) is 9.53. The maximum atomic E-state index is 13.4. The molecule has 184 valence electrons. The van der Waals surface area contributed by atoms with Gasteiger partial charge in [0, 0.05) is 17.9 Å². The summed E-state index contributed by atoms with van der Waals surface area (Å²) in [4.78, 5) is 14.5. The summed E-state index contributed by atoms with van der Waals surface area (Å²) in [6.45, 7) is 2.40. The second-order valence-electron chi connectivity index (χ2n) is 7.79. The van der Waals surface area contributed by atoms with Crippen LogP contribution in [0.5, 0.6) is 0 Å². The minimum absolute atomic E-state index is 0.0147. The minimum Gasteiger partial charge on any atom is -0.388 e. The minimum atomic E-state index is -4.64. The van der Waals surface area contributed by atoms with Crippen LogP contribution < -0.4 is 4.90 Å². The molecule has 2 aromatic rings. The van der Waals surface area contributed by atoms with Crippen molar-refractivity contribution in [2.45, 2.75) is 74.8 Å². The molecule has 1 aliphatic heterocycles. The maximum absolute atomic E-state index is 13.4. The van der Waals surface area contributed by atoms with Gasteiger partial charge in [0.1, 0.15) is 11.2 Å². The normalized spacial score (nSPS) is 20.0. The molecule has 0 aliphatic carbocycles. The van der Waals surface area contributed by atoms with Gasteiger partial charge in [-0.25, -0.2) is 5.10 Å². The van der Waals surface area contributed by atoms with Crippen LogP contribution in [-0.4, -0.2) is 61.7 Å². The Morgan fingerprint density at radius 2 is 2.09 bits per heavy atom. The highest BCUT2D eigenvalue weighted by atomic mass is 32.2. The first-order valence-corrected chi connectivity index (χ1v) is 12.7. The van der Waals surface area contributed by atoms with Gasteiger partial charge in [-0.05, 0) is 41.8 Å². The van der Waals surface area contributed by atoms with Crippen LogP contribution in [0.4, 0.5) is 18.2 Å². The molecule has 1 fully saturated rings. The number of halogens is 3. The zero-order valence-electron chi connectivity index (χ0n) is 18.3. The van der Waals surface area contributed by atoms with Crippen molar-refractivity contribution in [1.82, 2.24) is 20.6 Å². The van der Waals surface area contributed by atoms with E-state index in [1.807, 2.05) is 0 Å². The number of alkyl halides is 3. The van der Waals surface area contributed by atoms with Crippen molar-refractivity contribution < 1.29 is 27.8 Å². The van der Waals surface area contributed by atoms with Gasteiger partial charge in [0.15, 0.2) is 5.25 Å². The Morgan fingerprint density at radius 3 is 2.79 bits per heavy atom. The van der Waals surface area contributed by atoms with Gasteiger partial charge in [-0.3, -0.25) is 9.69 Å². The molecular weight excluding hydrogens is 479 g/mol. The van der Waals surface area contributed by atoms with Crippen LogP contribution >= 0.6 is 23.1 Å². The number of tetrazole rings is 1. The number of amides is 1. The molecule has 0 saturated carbocycles. The number of aliphatic hydroxyl groups is 1. The predicted octanol–water partition coefficient (Wildman–Crippen LogP) is 4.25. The molecule has 1 amide bonds. The largest absolute Gasteiger partial charge is 0.409 e. The molecule has 1 aliphatic rings. The van der Waals surface area contributed by atoms with Crippen molar-refractivity contribution in [2.24, 2.45) is 0 Å². The zero-order chi connectivity index (χ0) is 23.8. The summed E-state index contributed by atoms with van der Waals surface area (Å²) in [5.41, 5.74) is 0. The number of anilines is 1. The van der Waals surface area contributed by atoms with E-state index in [-0.39, 0.29) is 6.61 Å². The lowest BCUT2D eigenvalue weighted by Gasteiger charge is -2.22. The smallest absolute Gasteiger partial charge is 0.388 e. The molecule has 2 N–H and O–H groups in total. The van der Waals surface area contributed by atoms with E-state index >= 15 is 0 Å². The van der Waals surface area contributed by atoms with Crippen LogP contribution in [0.1, 0.15) is 62.3 Å². The molecule has 8 nitrogen and oxygen atoms in total. The van der Waals surface area contributed by atoms with E-state index in [4.69, 9.17) is 4.74 Å². The Labute approximate surface area is 198 Å². The number of aromatic amines is 1. The van der Waals surface area contributed by atoms with Crippen molar-refractivity contribution in [2.75, 3.05) is 18.1 Å². The highest BCUT2D eigenvalue weighted by Gasteiger charge is 2.55. The molecule has 3 rings (SSSR count). The first-order chi connectivity index (χ1) is 15.8. The topological polar surface area (TPSA) is 104 Å². The van der Waals surface area contributed by atoms with E-state index in [0.717, 1.165) is 37.0 Å². The number of unbranched alkanes of at least 4 members (excludes halogenated alkanes) is 3. The lowest BCUT2D eigenvalue weighted by Crippen LogP contribution is -2.40. The number of nitrogens with zero attached hydrogens (tertiary/aromatic N) is 4. The number of aliphatic hydroxyl groups excluding tert-OH is 1. The van der Waals surface area contributed by atoms with E-state index in [0.29, 0.717) is 53.3 Å². The fourth-order valence-corrected chi connectivity index (χ4v) is 5.83. The fourth-order valence-electron chi connectivity index (χ4n) is 3.47. The SMILES string of the molecule is CCCCCC(O)c1ccc(N2C(=O)C(C(F)(F)F)SC2COCCCCc2nnn[nH]2)s1. The number of thiophene rings is 1. The predicted molar refractivity (Wildman–Crippen MR) is 120 cm³/mol. The Hall–Kier alpha value is -1.70. The summed E-state index contributed by atoms with van der Waals surface area (Å²) in [5.74, 6) is -0.329. The van der Waals surface area contributed by atoms with Gasteiger partial charge in [-0.1, -0.05) is 26.2 Å². The number of nitrogens with one attached hydrogen (secondary N) is 1. The first kappa shape index (κ1) is 25.9. The Balaban J connectivity index is 1.58. The summed E-state index contributed by atoms with van der Waals surface area (Å²) in [7, 11) is 0. The fraction of sp³-hybridized carbons (Fsp3) is 0.700. The van der Waals surface area contributed by atoms with Crippen LogP contribution in [0.3, 0.4) is 0 Å². The third kappa shape index (κ3) is 7.14. The molecule has 0 spiro atoms. The summed E-state index contributed by atoms with van der Waals surface area (Å²) in [5, 5.41) is 21.3. The standard InChI is InChI=1S/C20H28F3N5O3S2/c1-2-3-4-7-13(29)14-9-10-16(32-14)28-17(33-18(19(28)30)20(21,22)23)12-31-11-6-5-8-15-24-26-27-25-15/h9-10,13,17-18,29H,2-8,11-12H2,1H3,(H,24,25,26,27). The van der Waals surface area contributed by atoms with Crippen molar-refractivity contribution in [3.8, 4) is 0 Å². The summed E-state index contributed by atoms with van der Waals surface area (Å²) in [6.07, 6.45) is 0.231. The number of thioether (sulfide) groups is 1. The molecule has 3 heterocycles. The summed E-state index contributed by atoms with van der Waals surface area (Å²) in [6, 6.07) is 3.30. The number of rotatable bonds is 13. The monoisotopic (exact) mass is 507 g/mol. The molecular formula is C20H28F3N5O3S2. The number of hydrogen-bond donors (Lipinski definition) is 2. The summed E-state index contributed by atoms with van der Waals surface area (Å²) < 4.78 is 45.9. The van der Waals surface area contributed by atoms with Gasteiger partial charge in [-0.2, -0.15) is 13.2 Å². The van der Waals surface area contributed by atoms with Gasteiger partial charge in [0.25, 0.3) is 5.91 Å². The third-order valence-electron chi connectivity index (χ3n) is 5.20. The molecule has 3 atom stereocenters. The first-order valence-electron chi connectivity index (χ1n) is 10.9. The van der Waals surface area contributed by atoms with Gasteiger partial charge < -0.3 is 9.84 Å². The van der Waals surface area contributed by atoms with E-state index < -0.39 is 28.8 Å². The van der Waals surface area contributed by atoms with Crippen molar-refractivity contribution in [3.63, 3.8) is 0 Å². The molecule has 3 unspecified atom stereocenters. The van der Waals surface area contributed by atoms with E-state index in [9.17, 15) is 23.1 Å². The van der Waals surface area contributed by atoms with Crippen molar-refractivity contribution in [1.29, 1.82) is 0 Å². The van der Waals surface area contributed by atoms with Crippen LogP contribution in [0.25, 0.3) is 0 Å².